The molecular formula is C36H45N5O7Y. The van der Waals surface area contributed by atoms with Crippen LogP contribution in [0.15, 0.2) is 59.7 Å². The van der Waals surface area contributed by atoms with Gasteiger partial charge in [-0.05, 0) is 56.2 Å². The van der Waals surface area contributed by atoms with Gasteiger partial charge >= 0.3 is 5.97 Å². The molecule has 2 fully saturated rings. The number of rotatable bonds is 7. The summed E-state index contributed by atoms with van der Waals surface area (Å²) in [6.45, 7) is 11.6. The van der Waals surface area contributed by atoms with Crippen LogP contribution in [-0.2, 0) is 60.1 Å². The summed E-state index contributed by atoms with van der Waals surface area (Å²) in [5.41, 5.74) is 3.48. The van der Waals surface area contributed by atoms with E-state index in [0.717, 1.165) is 62.6 Å². The Hall–Kier alpha value is -3.46. The third kappa shape index (κ3) is 14.1. The number of carboxylic acid groups (broad SMARTS) is 1. The summed E-state index contributed by atoms with van der Waals surface area (Å²) in [6.07, 6.45) is 1.74. The van der Waals surface area contributed by atoms with Gasteiger partial charge in [-0.2, -0.15) is 5.26 Å². The van der Waals surface area contributed by atoms with E-state index >= 15 is 0 Å². The molecular weight excluding hydrogens is 703 g/mol. The SMILES string of the molecule is CC(C)(C)C(=O)O.COO.N#CC1CN(CC(Cc2nc[nH]c(=O)c2O)c2ccc(C#Cc3ccc(CN4CCOCC4)cc3)cc2)C1.[Y]. The zero-order chi connectivity index (χ0) is 35.1. The van der Waals surface area contributed by atoms with Crippen LogP contribution >= 0.6 is 0 Å². The number of carbonyl (C=O) groups is 1. The van der Waals surface area contributed by atoms with Crippen LogP contribution in [0.1, 0.15) is 54.6 Å². The minimum atomic E-state index is -0.757. The maximum absolute atomic E-state index is 11.9. The number of carboxylic acids is 1. The summed E-state index contributed by atoms with van der Waals surface area (Å²) in [7, 11) is 1.18. The number of aromatic amines is 1. The molecule has 3 heterocycles. The summed E-state index contributed by atoms with van der Waals surface area (Å²) in [5, 5.41) is 34.7. The predicted octanol–water partition coefficient (Wildman–Crippen LogP) is 3.71. The smallest absolute Gasteiger partial charge is 0.308 e. The van der Waals surface area contributed by atoms with Crippen LogP contribution in [0.25, 0.3) is 0 Å². The quantitative estimate of drug-likeness (QED) is 0.158. The van der Waals surface area contributed by atoms with Crippen molar-refractivity contribution in [2.24, 2.45) is 11.3 Å². The van der Waals surface area contributed by atoms with Crippen molar-refractivity contribution in [2.45, 2.75) is 39.7 Å². The van der Waals surface area contributed by atoms with E-state index in [1.807, 2.05) is 24.3 Å². The number of aliphatic carboxylic acids is 1. The van der Waals surface area contributed by atoms with Crippen LogP contribution in [-0.4, -0.2) is 94.3 Å². The van der Waals surface area contributed by atoms with E-state index in [4.69, 9.17) is 20.4 Å². The molecule has 259 valence electrons. The molecule has 2 aliphatic heterocycles. The van der Waals surface area contributed by atoms with Gasteiger partial charge in [0, 0.05) is 95.4 Å². The van der Waals surface area contributed by atoms with Gasteiger partial charge in [-0.15, -0.1) is 0 Å². The Bertz CT molecular complexity index is 1610. The number of hydrogen-bond acceptors (Lipinski definition) is 10. The van der Waals surface area contributed by atoms with E-state index in [9.17, 15) is 14.7 Å². The maximum Gasteiger partial charge on any atom is 0.308 e. The van der Waals surface area contributed by atoms with Gasteiger partial charge in [-0.1, -0.05) is 36.1 Å². The molecule has 1 aromatic heterocycles. The number of likely N-dealkylation sites (tertiary alicyclic amines) is 1. The second-order valence-corrected chi connectivity index (χ2v) is 12.7. The van der Waals surface area contributed by atoms with Gasteiger partial charge in [0.1, 0.15) is 0 Å². The molecule has 4 N–H and O–H groups in total. The molecule has 2 aromatic carbocycles. The molecule has 0 spiro atoms. The van der Waals surface area contributed by atoms with E-state index in [2.05, 4.69) is 66.8 Å². The Morgan fingerprint density at radius 2 is 1.59 bits per heavy atom. The Kier molecular flexibility index (Phi) is 17.8. The molecule has 0 saturated carbocycles. The minimum absolute atomic E-state index is 0. The van der Waals surface area contributed by atoms with E-state index in [-0.39, 0.29) is 50.3 Å². The maximum atomic E-state index is 11.9. The Balaban J connectivity index is 0.000000667. The molecule has 5 rings (SSSR count). The van der Waals surface area contributed by atoms with Crippen LogP contribution in [0.5, 0.6) is 5.75 Å². The van der Waals surface area contributed by atoms with Crippen molar-refractivity contribution in [3.63, 3.8) is 0 Å². The number of H-pyrrole nitrogens is 1. The van der Waals surface area contributed by atoms with E-state index in [1.54, 1.807) is 20.8 Å². The van der Waals surface area contributed by atoms with Crippen molar-refractivity contribution < 1.29 is 62.6 Å². The molecule has 1 unspecified atom stereocenters. The standard InChI is InChI=1S/C30H31N5O3.C5H10O2.CH4O2.Y/c31-16-25-18-35(19-25)20-27(15-28-29(36)30(37)33-21-32-28)26-9-7-23(8-10-26)2-1-22-3-5-24(6-4-22)17-34-11-13-38-14-12-34;1-5(2,3)4(6)7;1-3-2;/h3-10,21,25,27,36H,11-15,17-20H2,(H,32,33,37);1-3H3,(H,6,7);2H,1H3;. The largest absolute Gasteiger partial charge is 0.502 e. The molecule has 2 saturated heterocycles. The summed E-state index contributed by atoms with van der Waals surface area (Å²) in [6, 6.07) is 18.8. The van der Waals surface area contributed by atoms with Crippen LogP contribution in [0.3, 0.4) is 0 Å². The number of nitrogens with one attached hydrogen (secondary N) is 1. The monoisotopic (exact) mass is 748 g/mol. The number of nitriles is 1. The predicted molar refractivity (Wildman–Crippen MR) is 180 cm³/mol. The molecule has 0 aliphatic carbocycles. The molecule has 13 heteroatoms. The fraction of sp³-hybridized carbons (Fsp3) is 0.444. The molecule has 2 aliphatic rings. The van der Waals surface area contributed by atoms with E-state index < -0.39 is 16.9 Å². The third-order valence-corrected chi connectivity index (χ3v) is 7.80. The second-order valence-electron chi connectivity index (χ2n) is 12.7. The van der Waals surface area contributed by atoms with Gasteiger partial charge in [0.15, 0.2) is 0 Å². The fourth-order valence-corrected chi connectivity index (χ4v) is 4.91. The van der Waals surface area contributed by atoms with Gasteiger partial charge < -0.3 is 24.8 Å². The van der Waals surface area contributed by atoms with Gasteiger partial charge in [-0.25, -0.2) is 9.87 Å². The minimum Gasteiger partial charge on any atom is -0.502 e. The van der Waals surface area contributed by atoms with Crippen LogP contribution in [0.4, 0.5) is 0 Å². The molecule has 0 bridgehead atoms. The zero-order valence-corrected chi connectivity index (χ0v) is 31.4. The normalized spacial score (nSPS) is 15.3. The van der Waals surface area contributed by atoms with Crippen molar-refractivity contribution in [3.05, 3.63) is 93.2 Å². The van der Waals surface area contributed by atoms with Crippen molar-refractivity contribution in [2.75, 3.05) is 53.0 Å². The summed E-state index contributed by atoms with van der Waals surface area (Å²) in [5.74, 6) is 5.48. The third-order valence-electron chi connectivity index (χ3n) is 7.80. The van der Waals surface area contributed by atoms with Crippen LogP contribution < -0.4 is 5.56 Å². The number of aromatic nitrogens is 2. The fourth-order valence-electron chi connectivity index (χ4n) is 4.91. The molecule has 3 aromatic rings. The first-order valence-corrected chi connectivity index (χ1v) is 15.7. The van der Waals surface area contributed by atoms with E-state index in [1.165, 1.54) is 19.0 Å². The Morgan fingerprint density at radius 3 is 2.10 bits per heavy atom. The van der Waals surface area contributed by atoms with Crippen LogP contribution in [0, 0.1) is 34.5 Å². The average Bonchev–Trinajstić information content (AvgIpc) is 3.04. The first kappa shape index (κ1) is 41.7. The Labute approximate surface area is 312 Å². The average molecular weight is 749 g/mol. The van der Waals surface area contributed by atoms with Gasteiger partial charge in [0.25, 0.3) is 5.56 Å². The summed E-state index contributed by atoms with van der Waals surface area (Å²) in [4.78, 5) is 36.3. The molecule has 1 radical (unpaired) electrons. The van der Waals surface area contributed by atoms with Crippen molar-refractivity contribution in [1.82, 2.24) is 19.8 Å². The van der Waals surface area contributed by atoms with Crippen molar-refractivity contribution in [1.29, 1.82) is 5.26 Å². The van der Waals surface area contributed by atoms with Crippen molar-refractivity contribution in [3.8, 4) is 23.7 Å². The Morgan fingerprint density at radius 1 is 1.06 bits per heavy atom. The first-order valence-electron chi connectivity index (χ1n) is 15.7. The van der Waals surface area contributed by atoms with Gasteiger partial charge in [0.2, 0.25) is 5.75 Å². The van der Waals surface area contributed by atoms with Crippen LogP contribution in [0.2, 0.25) is 0 Å². The first-order chi connectivity index (χ1) is 22.9. The summed E-state index contributed by atoms with van der Waals surface area (Å²) >= 11 is 0. The second kappa shape index (κ2) is 20.9. The number of morpholine rings is 1. The number of hydrogen-bond donors (Lipinski definition) is 4. The van der Waals surface area contributed by atoms with Gasteiger partial charge in [-0.3, -0.25) is 19.7 Å². The van der Waals surface area contributed by atoms with Crippen molar-refractivity contribution >= 4 is 5.97 Å². The molecule has 0 amide bonds. The topological polar surface area (TPSA) is 172 Å². The molecule has 49 heavy (non-hydrogen) atoms. The molecule has 1 atom stereocenters. The number of benzene rings is 2. The zero-order valence-electron chi connectivity index (χ0n) is 28.6. The summed E-state index contributed by atoms with van der Waals surface area (Å²) < 4.78 is 5.42. The van der Waals surface area contributed by atoms with Gasteiger partial charge in [0.05, 0.1) is 49.7 Å². The van der Waals surface area contributed by atoms with E-state index in [0.29, 0.717) is 18.7 Å². The molecule has 12 nitrogen and oxygen atoms in total. The number of aromatic hydroxyl groups is 1. The number of ether oxygens (including phenoxy) is 1. The number of nitrogens with zero attached hydrogens (tertiary/aromatic N) is 4.